The Morgan fingerprint density at radius 3 is 2.76 bits per heavy atom. The number of nitrogens with zero attached hydrogens (tertiary/aromatic N) is 1. The Morgan fingerprint density at radius 2 is 2.05 bits per heavy atom. The maximum atomic E-state index is 12.0. The molecule has 2 heterocycles. The van der Waals surface area contributed by atoms with Gasteiger partial charge in [-0.25, -0.2) is 9.78 Å². The number of aromatic carboxylic acids is 1. The minimum absolute atomic E-state index is 0.103. The van der Waals surface area contributed by atoms with Crippen LogP contribution in [0.5, 0.6) is 0 Å². The van der Waals surface area contributed by atoms with E-state index in [9.17, 15) is 14.4 Å². The number of benzene rings is 1. The summed E-state index contributed by atoms with van der Waals surface area (Å²) in [7, 11) is 0. The van der Waals surface area contributed by atoms with E-state index < -0.39 is 17.8 Å². The highest BCUT2D eigenvalue weighted by Crippen LogP contribution is 2.30. The third-order valence-electron chi connectivity index (χ3n) is 3.56. The average Bonchev–Trinajstić information content (AvgIpc) is 2.46. The number of hydrogen-bond acceptors (Lipinski definition) is 4. The SMILES string of the molecule is O=C1CCC(c2nc(C(=O)O)cc3ccccc23)C(=O)N1. The summed E-state index contributed by atoms with van der Waals surface area (Å²) in [6.07, 6.45) is 0.564. The molecule has 6 heteroatoms. The van der Waals surface area contributed by atoms with Gasteiger partial charge in [0.1, 0.15) is 5.69 Å². The van der Waals surface area contributed by atoms with Gasteiger partial charge >= 0.3 is 5.97 Å². The van der Waals surface area contributed by atoms with Crippen LogP contribution in [0.4, 0.5) is 0 Å². The van der Waals surface area contributed by atoms with Crippen molar-refractivity contribution in [1.82, 2.24) is 10.3 Å². The topological polar surface area (TPSA) is 96.4 Å². The van der Waals surface area contributed by atoms with E-state index >= 15 is 0 Å². The first-order chi connectivity index (χ1) is 10.1. The van der Waals surface area contributed by atoms with Crippen molar-refractivity contribution in [2.75, 3.05) is 0 Å². The number of amides is 2. The molecule has 6 nitrogen and oxygen atoms in total. The molecule has 1 unspecified atom stereocenters. The monoisotopic (exact) mass is 284 g/mol. The highest BCUT2D eigenvalue weighted by molar-refractivity contribution is 6.03. The van der Waals surface area contributed by atoms with Crippen LogP contribution in [0.3, 0.4) is 0 Å². The summed E-state index contributed by atoms with van der Waals surface area (Å²) >= 11 is 0. The predicted octanol–water partition coefficient (Wildman–Crippen LogP) is 1.45. The molecule has 0 spiro atoms. The van der Waals surface area contributed by atoms with E-state index in [2.05, 4.69) is 10.3 Å². The number of hydrogen-bond donors (Lipinski definition) is 2. The minimum atomic E-state index is -1.14. The molecule has 1 atom stereocenters. The number of aromatic nitrogens is 1. The van der Waals surface area contributed by atoms with E-state index in [1.54, 1.807) is 24.3 Å². The van der Waals surface area contributed by atoms with E-state index in [-0.39, 0.29) is 18.0 Å². The van der Waals surface area contributed by atoms with Crippen LogP contribution in [-0.4, -0.2) is 27.9 Å². The summed E-state index contributed by atoms with van der Waals surface area (Å²) in [6.45, 7) is 0. The second-order valence-electron chi connectivity index (χ2n) is 4.92. The lowest BCUT2D eigenvalue weighted by Crippen LogP contribution is -2.39. The van der Waals surface area contributed by atoms with Gasteiger partial charge in [0.05, 0.1) is 11.6 Å². The fraction of sp³-hybridized carbons (Fsp3) is 0.200. The van der Waals surface area contributed by atoms with Crippen LogP contribution in [0.25, 0.3) is 10.8 Å². The van der Waals surface area contributed by atoms with Gasteiger partial charge in [-0.15, -0.1) is 0 Å². The number of nitrogens with one attached hydrogen (secondary N) is 1. The fourth-order valence-corrected chi connectivity index (χ4v) is 2.56. The summed E-state index contributed by atoms with van der Waals surface area (Å²) in [4.78, 5) is 38.6. The number of fused-ring (bicyclic) bond motifs is 1. The van der Waals surface area contributed by atoms with Gasteiger partial charge in [-0.1, -0.05) is 24.3 Å². The Kier molecular flexibility index (Phi) is 3.13. The number of carboxylic acid groups (broad SMARTS) is 1. The van der Waals surface area contributed by atoms with Gasteiger partial charge in [-0.2, -0.15) is 0 Å². The van der Waals surface area contributed by atoms with E-state index in [4.69, 9.17) is 5.11 Å². The molecular formula is C15H12N2O4. The zero-order valence-corrected chi connectivity index (χ0v) is 11.0. The Hall–Kier alpha value is -2.76. The average molecular weight is 284 g/mol. The first kappa shape index (κ1) is 13.2. The number of carboxylic acids is 1. The molecule has 2 amide bonds. The van der Waals surface area contributed by atoms with Gasteiger partial charge in [-0.05, 0) is 17.9 Å². The van der Waals surface area contributed by atoms with Crippen LogP contribution in [0.1, 0.15) is 34.9 Å². The van der Waals surface area contributed by atoms with E-state index in [0.717, 1.165) is 5.39 Å². The van der Waals surface area contributed by atoms with E-state index in [1.807, 2.05) is 0 Å². The van der Waals surface area contributed by atoms with Crippen molar-refractivity contribution in [3.05, 3.63) is 41.7 Å². The number of pyridine rings is 1. The van der Waals surface area contributed by atoms with Crippen LogP contribution in [0, 0.1) is 0 Å². The maximum absolute atomic E-state index is 12.0. The molecule has 3 rings (SSSR count). The van der Waals surface area contributed by atoms with Crippen LogP contribution >= 0.6 is 0 Å². The molecule has 0 bridgehead atoms. The van der Waals surface area contributed by atoms with Crippen molar-refractivity contribution < 1.29 is 19.5 Å². The fourth-order valence-electron chi connectivity index (χ4n) is 2.56. The Bertz CT molecular complexity index is 769. The van der Waals surface area contributed by atoms with Crippen molar-refractivity contribution in [2.24, 2.45) is 0 Å². The lowest BCUT2D eigenvalue weighted by Gasteiger charge is -2.21. The van der Waals surface area contributed by atoms with Crippen molar-refractivity contribution in [1.29, 1.82) is 0 Å². The first-order valence-corrected chi connectivity index (χ1v) is 6.53. The van der Waals surface area contributed by atoms with Crippen molar-refractivity contribution in [3.63, 3.8) is 0 Å². The zero-order chi connectivity index (χ0) is 15.0. The van der Waals surface area contributed by atoms with Gasteiger partial charge < -0.3 is 5.11 Å². The van der Waals surface area contributed by atoms with Crippen molar-refractivity contribution in [3.8, 4) is 0 Å². The minimum Gasteiger partial charge on any atom is -0.477 e. The molecule has 2 aromatic rings. The largest absolute Gasteiger partial charge is 0.477 e. The molecule has 1 aromatic heterocycles. The second kappa shape index (κ2) is 4.97. The van der Waals surface area contributed by atoms with Gasteiger partial charge in [0.25, 0.3) is 0 Å². The number of carbonyl (C=O) groups excluding carboxylic acids is 2. The van der Waals surface area contributed by atoms with Crippen molar-refractivity contribution >= 4 is 28.6 Å². The van der Waals surface area contributed by atoms with Gasteiger partial charge in [0.15, 0.2) is 0 Å². The van der Waals surface area contributed by atoms with Gasteiger partial charge in [-0.3, -0.25) is 14.9 Å². The summed E-state index contributed by atoms with van der Waals surface area (Å²) < 4.78 is 0. The van der Waals surface area contributed by atoms with Crippen molar-refractivity contribution in [2.45, 2.75) is 18.8 Å². The summed E-state index contributed by atoms with van der Waals surface area (Å²) in [5.41, 5.74) is 0.309. The molecule has 1 aliphatic rings. The van der Waals surface area contributed by atoms with Gasteiger partial charge in [0, 0.05) is 11.8 Å². The normalized spacial score (nSPS) is 18.6. The van der Waals surface area contributed by atoms with Crippen LogP contribution in [-0.2, 0) is 9.59 Å². The van der Waals surface area contributed by atoms with Gasteiger partial charge in [0.2, 0.25) is 11.8 Å². The maximum Gasteiger partial charge on any atom is 0.354 e. The quantitative estimate of drug-likeness (QED) is 0.814. The smallest absolute Gasteiger partial charge is 0.354 e. The van der Waals surface area contributed by atoms with Crippen LogP contribution < -0.4 is 5.32 Å². The molecule has 1 aliphatic heterocycles. The zero-order valence-electron chi connectivity index (χ0n) is 11.0. The third kappa shape index (κ3) is 2.35. The molecule has 1 saturated heterocycles. The third-order valence-corrected chi connectivity index (χ3v) is 3.56. The molecule has 1 aromatic carbocycles. The molecule has 1 fully saturated rings. The Labute approximate surface area is 119 Å². The van der Waals surface area contributed by atoms with Crippen LogP contribution in [0.15, 0.2) is 30.3 Å². The molecule has 0 saturated carbocycles. The summed E-state index contributed by atoms with van der Waals surface area (Å²) in [6, 6.07) is 8.65. The number of piperidine rings is 1. The molecule has 2 N–H and O–H groups in total. The lowest BCUT2D eigenvalue weighted by molar-refractivity contribution is -0.134. The molecule has 0 radical (unpaired) electrons. The second-order valence-corrected chi connectivity index (χ2v) is 4.92. The molecular weight excluding hydrogens is 272 g/mol. The Balaban J connectivity index is 2.18. The number of carbonyl (C=O) groups is 3. The number of rotatable bonds is 2. The summed E-state index contributed by atoms with van der Waals surface area (Å²) in [5.74, 6) is -2.48. The highest BCUT2D eigenvalue weighted by Gasteiger charge is 2.31. The summed E-state index contributed by atoms with van der Waals surface area (Å²) in [5, 5.41) is 12.9. The number of imide groups is 1. The first-order valence-electron chi connectivity index (χ1n) is 6.53. The predicted molar refractivity (Wildman–Crippen MR) is 73.8 cm³/mol. The Morgan fingerprint density at radius 1 is 1.29 bits per heavy atom. The highest BCUT2D eigenvalue weighted by atomic mass is 16.4. The molecule has 106 valence electrons. The molecule has 0 aliphatic carbocycles. The van der Waals surface area contributed by atoms with Crippen LogP contribution in [0.2, 0.25) is 0 Å². The molecule has 21 heavy (non-hydrogen) atoms. The standard InChI is InChI=1S/C15H12N2O4/c18-12-6-5-10(14(19)17-12)13-9-4-2-1-3-8(9)7-11(16-13)15(20)21/h1-4,7,10H,5-6H2,(H,20,21)(H,17,18,19). The lowest BCUT2D eigenvalue weighted by atomic mass is 9.91. The van der Waals surface area contributed by atoms with E-state index in [0.29, 0.717) is 17.5 Å². The van der Waals surface area contributed by atoms with E-state index in [1.165, 1.54) is 6.07 Å².